The molecule has 0 atom stereocenters. The van der Waals surface area contributed by atoms with E-state index in [-0.39, 0.29) is 10.8 Å². The number of hydrogen-bond donors (Lipinski definition) is 0. The van der Waals surface area contributed by atoms with E-state index in [4.69, 9.17) is 47.4 Å². The monoisotopic (exact) mass is 919 g/mol. The second kappa shape index (κ2) is 16.3. The van der Waals surface area contributed by atoms with Gasteiger partial charge in [0, 0.05) is 117 Å². The van der Waals surface area contributed by atoms with E-state index in [1.807, 2.05) is 24.3 Å². The largest absolute Gasteiger partial charge is 0.381 e. The van der Waals surface area contributed by atoms with Crippen molar-refractivity contribution in [2.45, 2.75) is 64.2 Å². The second-order valence-corrected chi connectivity index (χ2v) is 19.4. The molecular formula is C50H52BrCl2N5O3. The number of halogens is 3. The molecule has 0 amide bonds. The summed E-state index contributed by atoms with van der Waals surface area (Å²) in [5.41, 5.74) is 16.0. The van der Waals surface area contributed by atoms with Crippen LogP contribution < -0.4 is 14.7 Å². The summed E-state index contributed by atoms with van der Waals surface area (Å²) in [6, 6.07) is 25.9. The van der Waals surface area contributed by atoms with E-state index >= 15 is 0 Å². The molecule has 0 aliphatic carbocycles. The highest BCUT2D eigenvalue weighted by atomic mass is 79.9. The maximum Gasteiger partial charge on any atom is 0.0727 e. The Morgan fingerprint density at radius 2 is 1.02 bits per heavy atom. The van der Waals surface area contributed by atoms with Crippen molar-refractivity contribution in [3.05, 3.63) is 121 Å². The van der Waals surface area contributed by atoms with Crippen molar-refractivity contribution in [3.8, 4) is 0 Å². The van der Waals surface area contributed by atoms with Crippen molar-refractivity contribution in [1.82, 2.24) is 9.97 Å². The van der Waals surface area contributed by atoms with Gasteiger partial charge in [0.25, 0.3) is 0 Å². The first-order valence-corrected chi connectivity index (χ1v) is 23.2. The van der Waals surface area contributed by atoms with Gasteiger partial charge in [0.1, 0.15) is 0 Å². The first kappa shape index (κ1) is 41.1. The quantitative estimate of drug-likeness (QED) is 0.174. The third kappa shape index (κ3) is 7.27. The summed E-state index contributed by atoms with van der Waals surface area (Å²) in [5, 5.41) is 3.73. The van der Waals surface area contributed by atoms with Crippen LogP contribution in [-0.2, 0) is 25.0 Å². The van der Waals surface area contributed by atoms with Gasteiger partial charge in [-0.25, -0.2) is 0 Å². The molecule has 61 heavy (non-hydrogen) atoms. The molecular weight excluding hydrogens is 869 g/mol. The minimum absolute atomic E-state index is 0.117. The minimum Gasteiger partial charge on any atom is -0.381 e. The number of fused-ring (bicyclic) bond motifs is 6. The Labute approximate surface area is 377 Å². The van der Waals surface area contributed by atoms with Crippen molar-refractivity contribution in [1.29, 1.82) is 0 Å². The molecule has 0 radical (unpaired) electrons. The van der Waals surface area contributed by atoms with Crippen LogP contribution in [0.4, 0.5) is 28.4 Å². The Hall–Kier alpha value is -3.96. The molecule has 5 aliphatic heterocycles. The number of aromatic nitrogens is 2. The van der Waals surface area contributed by atoms with Crippen molar-refractivity contribution in [2.24, 2.45) is 0 Å². The van der Waals surface area contributed by atoms with Crippen LogP contribution in [0.15, 0.2) is 77.3 Å². The fourth-order valence-electron chi connectivity index (χ4n) is 10.7. The van der Waals surface area contributed by atoms with Crippen molar-refractivity contribution in [2.75, 3.05) is 80.5 Å². The normalized spacial score (nSPS) is 19.1. The third-order valence-electron chi connectivity index (χ3n) is 14.2. The third-order valence-corrected chi connectivity index (χ3v) is 15.2. The Bertz CT molecular complexity index is 2670. The molecule has 2 spiro atoms. The molecule has 11 rings (SSSR count). The summed E-state index contributed by atoms with van der Waals surface area (Å²) in [7, 11) is 0. The molecule has 0 N–H and O–H groups in total. The molecule has 11 heteroatoms. The highest BCUT2D eigenvalue weighted by Gasteiger charge is 2.46. The number of benzene rings is 4. The number of ether oxygens (including phenoxy) is 3. The smallest absolute Gasteiger partial charge is 0.0727 e. The molecule has 0 saturated carbocycles. The molecule has 3 saturated heterocycles. The van der Waals surface area contributed by atoms with Crippen LogP contribution in [0.1, 0.15) is 59.3 Å². The fourth-order valence-corrected chi connectivity index (χ4v) is 11.4. The van der Waals surface area contributed by atoms with Gasteiger partial charge in [0.05, 0.1) is 35.6 Å². The van der Waals surface area contributed by atoms with Crippen LogP contribution >= 0.6 is 39.1 Å². The number of rotatable bonds is 3. The molecule has 2 aromatic heterocycles. The SMILES string of the molecule is Cc1nc2ccc(Cl)cc2c(N2CC3(CCOCC3)c3ccc(Br)cc32)c1C.Cc1nc2ccc(Cl)cc2c(N2CC3(CCOCC3)c3ccc(N4CCOCC4)cc32)c1C. The van der Waals surface area contributed by atoms with E-state index in [2.05, 4.69) is 107 Å². The number of anilines is 5. The summed E-state index contributed by atoms with van der Waals surface area (Å²) < 4.78 is 18.2. The van der Waals surface area contributed by atoms with Crippen LogP contribution in [0.25, 0.3) is 21.8 Å². The summed E-state index contributed by atoms with van der Waals surface area (Å²) in [6.07, 6.45) is 4.21. The van der Waals surface area contributed by atoms with E-state index in [1.165, 1.54) is 50.7 Å². The molecule has 3 fully saturated rings. The Morgan fingerprint density at radius 3 is 1.52 bits per heavy atom. The number of nitrogens with zero attached hydrogens (tertiary/aromatic N) is 5. The minimum atomic E-state index is 0.117. The Morgan fingerprint density at radius 1 is 0.557 bits per heavy atom. The summed E-state index contributed by atoms with van der Waals surface area (Å²) in [4.78, 5) is 17.2. The molecule has 0 unspecified atom stereocenters. The molecule has 6 aromatic rings. The van der Waals surface area contributed by atoms with E-state index in [1.54, 1.807) is 0 Å². The first-order chi connectivity index (χ1) is 29.5. The zero-order valence-corrected chi connectivity index (χ0v) is 38.5. The molecule has 8 nitrogen and oxygen atoms in total. The molecule has 7 heterocycles. The second-order valence-electron chi connectivity index (χ2n) is 17.6. The summed E-state index contributed by atoms with van der Waals surface area (Å²) in [5.74, 6) is 0. The van der Waals surface area contributed by atoms with E-state index < -0.39 is 0 Å². The standard InChI is InChI=1S/C27H30ClN3O2.C23H22BrClN2O/c1-18-19(2)29-24-6-3-20(28)15-22(24)26(18)31-17-27(7-11-32-12-8-27)23-5-4-21(16-25(23)31)30-9-13-33-14-10-30;1-14-15(2)26-20-6-4-17(25)12-18(20)22(14)27-13-23(7-9-28-10-8-23)19-5-3-16(24)11-21(19)27/h3-6,15-16H,7-14,17H2,1-2H3;3-6,11-12H,7-10,13H2,1-2H3. The van der Waals surface area contributed by atoms with Gasteiger partial charge in [-0.15, -0.1) is 0 Å². The van der Waals surface area contributed by atoms with Gasteiger partial charge in [-0.3, -0.25) is 9.97 Å². The number of aryl methyl sites for hydroxylation is 2. The predicted octanol–water partition coefficient (Wildman–Crippen LogP) is 12.0. The summed E-state index contributed by atoms with van der Waals surface area (Å²) >= 11 is 16.6. The van der Waals surface area contributed by atoms with Crippen molar-refractivity contribution < 1.29 is 14.2 Å². The maximum absolute atomic E-state index is 6.48. The molecule has 5 aliphatic rings. The van der Waals surface area contributed by atoms with E-state index in [0.717, 1.165) is 139 Å². The topological polar surface area (TPSA) is 63.2 Å². The first-order valence-electron chi connectivity index (χ1n) is 21.6. The highest BCUT2D eigenvalue weighted by Crippen LogP contribution is 2.54. The zero-order valence-electron chi connectivity index (χ0n) is 35.4. The fraction of sp³-hybridized carbons (Fsp3) is 0.400. The molecule has 0 bridgehead atoms. The lowest BCUT2D eigenvalue weighted by Crippen LogP contribution is -2.37. The number of morpholine rings is 1. The molecule has 316 valence electrons. The van der Waals surface area contributed by atoms with Gasteiger partial charge < -0.3 is 28.9 Å². The maximum atomic E-state index is 6.48. The summed E-state index contributed by atoms with van der Waals surface area (Å²) in [6.45, 7) is 17.2. The number of hydrogen-bond acceptors (Lipinski definition) is 8. The lowest BCUT2D eigenvalue weighted by molar-refractivity contribution is 0.0557. The van der Waals surface area contributed by atoms with Gasteiger partial charge in [0.2, 0.25) is 0 Å². The Kier molecular flexibility index (Phi) is 11.0. The van der Waals surface area contributed by atoms with Gasteiger partial charge in [0.15, 0.2) is 0 Å². The molecule has 4 aromatic carbocycles. The van der Waals surface area contributed by atoms with Crippen LogP contribution in [0.5, 0.6) is 0 Å². The van der Waals surface area contributed by atoms with Crippen LogP contribution in [0.3, 0.4) is 0 Å². The Balaban J connectivity index is 0.000000148. The average molecular weight is 922 g/mol. The van der Waals surface area contributed by atoms with Crippen molar-refractivity contribution >= 4 is 89.4 Å². The lowest BCUT2D eigenvalue weighted by Gasteiger charge is -2.35. The van der Waals surface area contributed by atoms with Crippen LogP contribution in [-0.4, -0.2) is 75.8 Å². The van der Waals surface area contributed by atoms with Gasteiger partial charge in [-0.05, 0) is 136 Å². The van der Waals surface area contributed by atoms with Crippen LogP contribution in [0.2, 0.25) is 10.0 Å². The van der Waals surface area contributed by atoms with E-state index in [0.29, 0.717) is 0 Å². The van der Waals surface area contributed by atoms with Gasteiger partial charge in [-0.1, -0.05) is 51.3 Å². The van der Waals surface area contributed by atoms with Crippen LogP contribution in [0, 0.1) is 27.7 Å². The van der Waals surface area contributed by atoms with Crippen molar-refractivity contribution in [3.63, 3.8) is 0 Å². The highest BCUT2D eigenvalue weighted by molar-refractivity contribution is 9.10. The van der Waals surface area contributed by atoms with Gasteiger partial charge in [-0.2, -0.15) is 0 Å². The average Bonchev–Trinajstić information content (AvgIpc) is 3.73. The van der Waals surface area contributed by atoms with E-state index in [9.17, 15) is 0 Å². The number of pyridine rings is 2. The van der Waals surface area contributed by atoms with Gasteiger partial charge >= 0.3 is 0 Å². The zero-order chi connectivity index (χ0) is 42.0. The predicted molar refractivity (Wildman–Crippen MR) is 254 cm³/mol. The lowest BCUT2D eigenvalue weighted by atomic mass is 9.76.